The summed E-state index contributed by atoms with van der Waals surface area (Å²) in [5.74, 6) is 0.717. The van der Waals surface area contributed by atoms with Crippen LogP contribution in [0.3, 0.4) is 0 Å². The van der Waals surface area contributed by atoms with Crippen molar-refractivity contribution in [2.45, 2.75) is 57.7 Å². The number of halogens is 1. The molecule has 0 spiro atoms. The molecule has 0 unspecified atom stereocenters. The van der Waals surface area contributed by atoms with Crippen molar-refractivity contribution in [1.29, 1.82) is 0 Å². The van der Waals surface area contributed by atoms with E-state index in [4.69, 9.17) is 0 Å². The third kappa shape index (κ3) is 5.02. The number of nitrogens with one attached hydrogen (secondary N) is 1. The Morgan fingerprint density at radius 3 is 2.28 bits per heavy atom. The molecule has 0 radical (unpaired) electrons. The van der Waals surface area contributed by atoms with Crippen molar-refractivity contribution in [3.8, 4) is 28.3 Å². The molecule has 0 amide bonds. The van der Waals surface area contributed by atoms with Gasteiger partial charge < -0.3 is 19.9 Å². The molecule has 3 heterocycles. The van der Waals surface area contributed by atoms with Gasteiger partial charge in [-0.25, -0.2) is 9.97 Å². The molecule has 0 saturated carbocycles. The lowest BCUT2D eigenvalue weighted by atomic mass is 9.79. The maximum atomic E-state index is 10.6. The highest BCUT2D eigenvalue weighted by Gasteiger charge is 2.39. The lowest BCUT2D eigenvalue weighted by molar-refractivity contribution is 0.160. The molecule has 0 bridgehead atoms. The number of piperidine rings is 1. The van der Waals surface area contributed by atoms with Crippen LogP contribution in [0, 0.1) is 0 Å². The third-order valence-corrected chi connectivity index (χ3v) is 5.86. The quantitative estimate of drug-likeness (QED) is 0.615. The lowest BCUT2D eigenvalue weighted by Crippen LogP contribution is -2.62. The van der Waals surface area contributed by atoms with Crippen molar-refractivity contribution >= 4 is 18.4 Å². The molecule has 4 rings (SSSR count). The minimum Gasteiger partial charge on any atom is -0.507 e. The Bertz CT molecular complexity index is 1060. The van der Waals surface area contributed by atoms with Crippen LogP contribution in [-0.2, 0) is 7.05 Å². The maximum Gasteiger partial charge on any atom is 0.245 e. The summed E-state index contributed by atoms with van der Waals surface area (Å²) in [6.07, 6.45) is 7.30. The summed E-state index contributed by atoms with van der Waals surface area (Å²) < 4.78 is 1.87. The van der Waals surface area contributed by atoms with Gasteiger partial charge in [-0.15, -0.1) is 22.6 Å². The van der Waals surface area contributed by atoms with Gasteiger partial charge in [-0.2, -0.15) is 0 Å². The van der Waals surface area contributed by atoms with E-state index in [2.05, 4.69) is 58.1 Å². The van der Waals surface area contributed by atoms with Crippen LogP contribution in [-0.4, -0.2) is 54.0 Å². The molecule has 0 atom stereocenters. The lowest BCUT2D eigenvalue weighted by Gasteiger charge is -2.48. The topological polar surface area (TPSA) is 92.0 Å². The first-order valence-electron chi connectivity index (χ1n) is 10.6. The molecule has 0 aliphatic carbocycles. The van der Waals surface area contributed by atoms with Crippen molar-refractivity contribution in [2.24, 2.45) is 7.05 Å². The number of nitrogens with zero attached hydrogens (tertiary/aromatic N) is 6. The van der Waals surface area contributed by atoms with Gasteiger partial charge in [0.2, 0.25) is 5.95 Å². The van der Waals surface area contributed by atoms with E-state index in [0.717, 1.165) is 24.1 Å². The van der Waals surface area contributed by atoms with Crippen LogP contribution in [0.5, 0.6) is 5.75 Å². The number of hydrogen-bond acceptors (Lipinski definition) is 7. The molecule has 3 aromatic rings. The molecule has 9 heteroatoms. The first-order valence-corrected chi connectivity index (χ1v) is 10.6. The second-order valence-corrected chi connectivity index (χ2v) is 9.87. The van der Waals surface area contributed by atoms with Crippen LogP contribution in [0.4, 0.5) is 5.95 Å². The number of phenols is 1. The average molecular weight is 458 g/mol. The van der Waals surface area contributed by atoms with Crippen molar-refractivity contribution < 1.29 is 5.11 Å². The van der Waals surface area contributed by atoms with Crippen molar-refractivity contribution in [1.82, 2.24) is 30.0 Å². The predicted molar refractivity (Wildman–Crippen MR) is 129 cm³/mol. The number of rotatable bonds is 4. The average Bonchev–Trinajstić information content (AvgIpc) is 3.11. The molecular weight excluding hydrogens is 426 g/mol. The van der Waals surface area contributed by atoms with Gasteiger partial charge in [-0.3, -0.25) is 0 Å². The van der Waals surface area contributed by atoms with Crippen LogP contribution in [0.15, 0.2) is 36.9 Å². The summed E-state index contributed by atoms with van der Waals surface area (Å²) in [6, 6.07) is 5.74. The number of phenolic OH excluding ortho intramolecular Hbond substituents is 1. The van der Waals surface area contributed by atoms with Crippen molar-refractivity contribution in [3.63, 3.8) is 0 Å². The van der Waals surface area contributed by atoms with E-state index < -0.39 is 0 Å². The summed E-state index contributed by atoms with van der Waals surface area (Å²) in [5.41, 5.74) is 2.85. The maximum absolute atomic E-state index is 10.6. The van der Waals surface area contributed by atoms with Gasteiger partial charge in [-0.1, -0.05) is 6.07 Å². The first kappa shape index (κ1) is 23.9. The van der Waals surface area contributed by atoms with Crippen LogP contribution in [0.25, 0.3) is 22.5 Å². The van der Waals surface area contributed by atoms with Crippen LogP contribution >= 0.6 is 12.4 Å². The highest BCUT2D eigenvalue weighted by molar-refractivity contribution is 5.85. The van der Waals surface area contributed by atoms with Gasteiger partial charge in [0.1, 0.15) is 11.4 Å². The normalized spacial score (nSPS) is 17.6. The van der Waals surface area contributed by atoms with Gasteiger partial charge in [-0.05, 0) is 52.7 Å². The molecule has 1 aliphatic heterocycles. The van der Waals surface area contributed by atoms with E-state index in [1.54, 1.807) is 18.6 Å². The Morgan fingerprint density at radius 1 is 1.06 bits per heavy atom. The Labute approximate surface area is 195 Å². The fourth-order valence-electron chi connectivity index (χ4n) is 4.73. The molecule has 2 N–H and O–H groups in total. The van der Waals surface area contributed by atoms with Gasteiger partial charge in [0.05, 0.1) is 18.2 Å². The molecule has 1 aromatic carbocycles. The largest absolute Gasteiger partial charge is 0.507 e. The Kier molecular flexibility index (Phi) is 6.49. The Balaban J connectivity index is 0.00000289. The fraction of sp³-hybridized carbons (Fsp3) is 0.478. The molecule has 1 saturated heterocycles. The number of aromatic hydroxyl groups is 1. The molecule has 1 aliphatic rings. The summed E-state index contributed by atoms with van der Waals surface area (Å²) in [4.78, 5) is 11.0. The van der Waals surface area contributed by atoms with E-state index in [9.17, 15) is 5.11 Å². The Hall–Kier alpha value is -2.71. The molecule has 172 valence electrons. The minimum atomic E-state index is 0. The van der Waals surface area contributed by atoms with Gasteiger partial charge in [0, 0.05) is 48.5 Å². The van der Waals surface area contributed by atoms with Crippen molar-refractivity contribution in [2.75, 3.05) is 11.9 Å². The zero-order valence-electron chi connectivity index (χ0n) is 19.5. The second-order valence-electron chi connectivity index (χ2n) is 9.87. The number of imidazole rings is 1. The van der Waals surface area contributed by atoms with Gasteiger partial charge in [0.15, 0.2) is 0 Å². The van der Waals surface area contributed by atoms with Crippen LogP contribution in [0.1, 0.15) is 40.5 Å². The van der Waals surface area contributed by atoms with E-state index in [1.165, 1.54) is 0 Å². The zero-order chi connectivity index (χ0) is 22.4. The van der Waals surface area contributed by atoms with E-state index in [0.29, 0.717) is 23.2 Å². The second kappa shape index (κ2) is 8.67. The summed E-state index contributed by atoms with van der Waals surface area (Å²) >= 11 is 0. The smallest absolute Gasteiger partial charge is 0.245 e. The number of aryl methyl sites for hydroxylation is 1. The number of hydrogen-bond donors (Lipinski definition) is 2. The predicted octanol–water partition coefficient (Wildman–Crippen LogP) is 3.81. The standard InChI is InChI=1S/C23H31N7O.ClH/c1-22(2)10-16(11-23(3,4)28-22)30(6)21-24-12-18(26-27-21)17-8-7-15(9-20(17)31)19-13-29(5)14-25-19;/h7-9,12-14,16,28,31H,10-11H2,1-6H3;1H. The third-order valence-electron chi connectivity index (χ3n) is 5.86. The number of aromatic nitrogens is 5. The van der Waals surface area contributed by atoms with E-state index in [-0.39, 0.29) is 29.2 Å². The number of benzene rings is 1. The summed E-state index contributed by atoms with van der Waals surface area (Å²) in [7, 11) is 3.94. The SMILES string of the molecule is CN(c1ncc(-c2ccc(-c3cn(C)cn3)cc2O)nn1)C1CC(C)(C)NC(C)(C)C1.Cl. The minimum absolute atomic E-state index is 0. The summed E-state index contributed by atoms with van der Waals surface area (Å²) in [6.45, 7) is 8.92. The van der Waals surface area contributed by atoms with Crippen LogP contribution in [0.2, 0.25) is 0 Å². The van der Waals surface area contributed by atoms with Crippen molar-refractivity contribution in [3.05, 3.63) is 36.9 Å². The van der Waals surface area contributed by atoms with Gasteiger partial charge in [0.25, 0.3) is 0 Å². The van der Waals surface area contributed by atoms with Gasteiger partial charge >= 0.3 is 0 Å². The molecular formula is C23H32ClN7O. The molecule has 1 fully saturated rings. The fourth-order valence-corrected chi connectivity index (χ4v) is 4.73. The Morgan fingerprint density at radius 2 is 1.75 bits per heavy atom. The molecule has 32 heavy (non-hydrogen) atoms. The summed E-state index contributed by atoms with van der Waals surface area (Å²) in [5, 5.41) is 23.0. The first-order chi connectivity index (χ1) is 14.5. The zero-order valence-corrected chi connectivity index (χ0v) is 20.3. The number of anilines is 1. The highest BCUT2D eigenvalue weighted by atomic mass is 35.5. The highest BCUT2D eigenvalue weighted by Crippen LogP contribution is 2.34. The molecule has 2 aromatic heterocycles. The van der Waals surface area contributed by atoms with E-state index >= 15 is 0 Å². The monoisotopic (exact) mass is 457 g/mol. The van der Waals surface area contributed by atoms with Crippen LogP contribution < -0.4 is 10.2 Å². The molecule has 8 nitrogen and oxygen atoms in total. The van der Waals surface area contributed by atoms with E-state index in [1.807, 2.05) is 37.0 Å².